The van der Waals surface area contributed by atoms with Crippen molar-refractivity contribution in [3.63, 3.8) is 0 Å². The second-order valence-electron chi connectivity index (χ2n) is 5.14. The maximum absolute atomic E-state index is 11.1. The van der Waals surface area contributed by atoms with Crippen LogP contribution in [0, 0.1) is 27.7 Å². The first-order chi connectivity index (χ1) is 12.6. The van der Waals surface area contributed by atoms with Gasteiger partial charge in [0.05, 0.1) is 21.6 Å². The summed E-state index contributed by atoms with van der Waals surface area (Å²) in [5.74, 6) is 0. The second-order valence-corrected chi connectivity index (χ2v) is 9.16. The van der Waals surface area contributed by atoms with E-state index >= 15 is 0 Å². The van der Waals surface area contributed by atoms with Gasteiger partial charge in [-0.05, 0) is 74.6 Å². The molecule has 0 atom stereocenters. The minimum Gasteiger partial charge on any atom is -0.458 e. The highest BCUT2D eigenvalue weighted by Crippen LogP contribution is 2.32. The maximum atomic E-state index is 11.1. The Kier molecular flexibility index (Phi) is 17.0. The van der Waals surface area contributed by atoms with E-state index in [1.54, 1.807) is 29.6 Å². The van der Waals surface area contributed by atoms with Crippen LogP contribution in [0.2, 0.25) is 0 Å². The molecule has 0 N–H and O–H groups in total. The summed E-state index contributed by atoms with van der Waals surface area (Å²) in [5, 5.41) is 3.96. The van der Waals surface area contributed by atoms with Crippen molar-refractivity contribution in [2.24, 2.45) is 0 Å². The molecule has 2 aromatic rings. The maximum Gasteiger partial charge on any atom is 0.403 e. The van der Waals surface area contributed by atoms with Crippen molar-refractivity contribution in [1.82, 2.24) is 0 Å². The zero-order valence-electron chi connectivity index (χ0n) is 16.3. The Hall–Kier alpha value is -0.670. The lowest BCUT2D eigenvalue weighted by Gasteiger charge is -1.99. The third kappa shape index (κ3) is 12.0. The first-order valence-corrected chi connectivity index (χ1v) is 11.5. The fourth-order valence-corrected chi connectivity index (χ4v) is 4.63. The molecule has 0 bridgehead atoms. The number of carbonyl (C=O) groups excluding carboxylic acids is 2. The van der Waals surface area contributed by atoms with Gasteiger partial charge in [0.1, 0.15) is 0 Å². The van der Waals surface area contributed by atoms with Crippen LogP contribution in [-0.2, 0) is 9.47 Å². The summed E-state index contributed by atoms with van der Waals surface area (Å²) in [6.07, 6.45) is 0. The number of hydrogen-bond donors (Lipinski definition) is 1. The Morgan fingerprint density at radius 3 is 1.75 bits per heavy atom. The van der Waals surface area contributed by atoms with Gasteiger partial charge in [-0.3, -0.25) is 0 Å². The molecule has 0 amide bonds. The van der Waals surface area contributed by atoms with Gasteiger partial charge in [-0.25, -0.2) is 9.59 Å². The Morgan fingerprint density at radius 2 is 1.50 bits per heavy atom. The fourth-order valence-electron chi connectivity index (χ4n) is 1.41. The van der Waals surface area contributed by atoms with Crippen LogP contribution >= 0.6 is 58.7 Å². The van der Waals surface area contributed by atoms with Gasteiger partial charge in [0.25, 0.3) is 0 Å². The number of thiol groups is 1. The summed E-state index contributed by atoms with van der Waals surface area (Å²) < 4.78 is 11.2. The fraction of sp³-hybridized carbons (Fsp3) is 0.474. The molecule has 0 fully saturated rings. The lowest BCUT2D eigenvalue weighted by molar-refractivity contribution is 0.179. The lowest BCUT2D eigenvalue weighted by atomic mass is 10.2. The molecule has 0 radical (unpaired) electrons. The summed E-state index contributed by atoms with van der Waals surface area (Å²) in [6, 6.07) is 0. The summed E-state index contributed by atoms with van der Waals surface area (Å²) in [6.45, 7) is 12.6. The Labute approximate surface area is 191 Å². The molecule has 2 rings (SSSR count). The predicted octanol–water partition coefficient (Wildman–Crippen LogP) is 8.28. The average Bonchev–Trinajstić information content (AvgIpc) is 3.06. The van der Waals surface area contributed by atoms with Crippen molar-refractivity contribution in [2.75, 3.05) is 13.2 Å². The molecule has 0 unspecified atom stereocenters. The zero-order chi connectivity index (χ0) is 21.0. The molecule has 0 aliphatic heterocycles. The molecule has 4 nitrogen and oxygen atoms in total. The van der Waals surface area contributed by atoms with Crippen molar-refractivity contribution in [1.29, 1.82) is 0 Å². The molecule has 0 aliphatic carbocycles. The van der Waals surface area contributed by atoms with Crippen molar-refractivity contribution in [3.05, 3.63) is 33.0 Å². The zero-order valence-corrected chi connectivity index (χ0v) is 20.4. The summed E-state index contributed by atoms with van der Waals surface area (Å²) >= 11 is 13.4. The summed E-state index contributed by atoms with van der Waals surface area (Å²) in [5.41, 5.74) is 4.34. The van der Waals surface area contributed by atoms with Crippen LogP contribution in [-0.4, -0.2) is 23.9 Å². The van der Waals surface area contributed by atoms with Crippen molar-refractivity contribution in [3.8, 4) is 0 Å². The molecule has 2 aromatic heterocycles. The number of carbonyl (C=O) groups is 2. The Balaban J connectivity index is 0. The highest BCUT2D eigenvalue weighted by molar-refractivity contribution is 8.14. The number of ether oxygens (including phenoxy) is 2. The smallest absolute Gasteiger partial charge is 0.403 e. The Bertz CT molecular complexity index is 706. The molecule has 28 heavy (non-hydrogen) atoms. The van der Waals surface area contributed by atoms with Gasteiger partial charge < -0.3 is 9.47 Å². The van der Waals surface area contributed by atoms with Gasteiger partial charge in [-0.1, -0.05) is 7.43 Å². The first kappa shape index (κ1) is 29.5. The van der Waals surface area contributed by atoms with E-state index in [4.69, 9.17) is 16.3 Å². The molecule has 0 saturated heterocycles. The van der Waals surface area contributed by atoms with Crippen LogP contribution in [0.15, 0.2) is 19.2 Å². The molecule has 160 valence electrons. The number of thiophene rings is 2. The van der Waals surface area contributed by atoms with Gasteiger partial charge in [-0.15, -0.1) is 35.3 Å². The number of hydrogen-bond acceptors (Lipinski definition) is 8. The van der Waals surface area contributed by atoms with Crippen LogP contribution in [0.1, 0.15) is 43.5 Å². The van der Waals surface area contributed by atoms with E-state index in [0.29, 0.717) is 13.2 Å². The molecule has 9 heteroatoms. The van der Waals surface area contributed by atoms with E-state index in [9.17, 15) is 9.59 Å². The quantitative estimate of drug-likeness (QED) is 0.205. The van der Waals surface area contributed by atoms with E-state index in [1.807, 2.05) is 20.8 Å². The van der Waals surface area contributed by atoms with E-state index in [2.05, 4.69) is 42.0 Å². The molecule has 2 heterocycles. The molecule has 0 spiro atoms. The van der Waals surface area contributed by atoms with Gasteiger partial charge in [0.2, 0.25) is 0 Å². The standard InChI is InChI=1S/C9H12O2S2.C6H8S2.C3H5ClO2.CH4/c1-4-11-9(10)13-8-7(3)6(2)5-12-8;1-4-3-8-6(7)5(4)2;1-2-6-3(4)5;/h5H,4H2,1-3H3;3,7H,1-2H3;2H2,1H3;1H4. The predicted molar refractivity (Wildman–Crippen MR) is 127 cm³/mol. The summed E-state index contributed by atoms with van der Waals surface area (Å²) in [4.78, 5) is 20.7. The molecule has 0 saturated carbocycles. The minimum absolute atomic E-state index is 0. The van der Waals surface area contributed by atoms with Crippen LogP contribution < -0.4 is 0 Å². The van der Waals surface area contributed by atoms with Crippen LogP contribution in [0.5, 0.6) is 0 Å². The van der Waals surface area contributed by atoms with Gasteiger partial charge >= 0.3 is 10.7 Å². The molecule has 0 aromatic carbocycles. The third-order valence-electron chi connectivity index (χ3n) is 3.20. The third-order valence-corrected chi connectivity index (χ3v) is 7.26. The van der Waals surface area contributed by atoms with Crippen LogP contribution in [0.4, 0.5) is 9.59 Å². The van der Waals surface area contributed by atoms with Gasteiger partial charge in [-0.2, -0.15) is 0 Å². The number of halogens is 1. The number of thioether (sulfide) groups is 1. The van der Waals surface area contributed by atoms with Crippen LogP contribution in [0.3, 0.4) is 0 Å². The first-order valence-electron chi connectivity index (χ1n) is 8.09. The molecular weight excluding hydrogens is 456 g/mol. The monoisotopic (exact) mass is 484 g/mol. The molecular formula is C19H29ClO4S4. The minimum atomic E-state index is -0.738. The SMILES string of the molecule is C.CCOC(=O)Cl.CCOC(=O)Sc1scc(C)c1C.Cc1csc(S)c1C. The highest BCUT2D eigenvalue weighted by atomic mass is 35.5. The van der Waals surface area contributed by atoms with Crippen molar-refractivity contribution >= 4 is 69.4 Å². The van der Waals surface area contributed by atoms with E-state index in [-0.39, 0.29) is 12.7 Å². The topological polar surface area (TPSA) is 52.6 Å². The Morgan fingerprint density at radius 1 is 1.00 bits per heavy atom. The highest BCUT2D eigenvalue weighted by Gasteiger charge is 2.10. The van der Waals surface area contributed by atoms with Gasteiger partial charge in [0.15, 0.2) is 0 Å². The summed E-state index contributed by atoms with van der Waals surface area (Å²) in [7, 11) is 0. The van der Waals surface area contributed by atoms with Crippen LogP contribution in [0.25, 0.3) is 0 Å². The second kappa shape index (κ2) is 16.2. The lowest BCUT2D eigenvalue weighted by Crippen LogP contribution is -1.95. The van der Waals surface area contributed by atoms with Gasteiger partial charge in [0, 0.05) is 23.4 Å². The number of aryl methyl sites for hydroxylation is 2. The molecule has 0 aliphatic rings. The van der Waals surface area contributed by atoms with E-state index in [0.717, 1.165) is 8.42 Å². The van der Waals surface area contributed by atoms with E-state index in [1.165, 1.54) is 34.0 Å². The average molecular weight is 485 g/mol. The van der Waals surface area contributed by atoms with E-state index < -0.39 is 5.43 Å². The normalized spacial score (nSPS) is 9.14. The van der Waals surface area contributed by atoms with Crippen molar-refractivity contribution in [2.45, 2.75) is 57.4 Å². The van der Waals surface area contributed by atoms with Crippen molar-refractivity contribution < 1.29 is 19.1 Å². The largest absolute Gasteiger partial charge is 0.458 e. The number of rotatable bonds is 3.